The molecule has 3 aliphatic rings. The van der Waals surface area contributed by atoms with Crippen LogP contribution >= 0.6 is 11.6 Å². The van der Waals surface area contributed by atoms with Crippen LogP contribution in [0.15, 0.2) is 42.5 Å². The van der Waals surface area contributed by atoms with Crippen molar-refractivity contribution in [1.82, 2.24) is 10.2 Å². The normalized spacial score (nSPS) is 24.6. The van der Waals surface area contributed by atoms with Gasteiger partial charge in [0.05, 0.1) is 16.7 Å². The molecule has 34 heavy (non-hydrogen) atoms. The average molecular weight is 484 g/mol. The molecule has 5 rings (SSSR count). The molecule has 11 heteroatoms. The lowest BCUT2D eigenvalue weighted by atomic mass is 9.67. The number of non-ortho nitro benzene ring substituents is 1. The molecule has 4 amide bonds. The van der Waals surface area contributed by atoms with Gasteiger partial charge in [-0.15, -0.1) is 0 Å². The predicted molar refractivity (Wildman–Crippen MR) is 125 cm³/mol. The average Bonchev–Trinajstić information content (AvgIpc) is 2.83. The summed E-state index contributed by atoms with van der Waals surface area (Å²) in [5.41, 5.74) is -0.159. The van der Waals surface area contributed by atoms with Gasteiger partial charge in [-0.1, -0.05) is 18.5 Å². The van der Waals surface area contributed by atoms with Gasteiger partial charge in [0.25, 0.3) is 11.6 Å². The van der Waals surface area contributed by atoms with Gasteiger partial charge in [-0.3, -0.25) is 29.9 Å². The van der Waals surface area contributed by atoms with Crippen molar-refractivity contribution in [2.75, 3.05) is 36.0 Å². The van der Waals surface area contributed by atoms with Gasteiger partial charge in [0.2, 0.25) is 5.91 Å². The minimum Gasteiger partial charge on any atom is -0.364 e. The molecule has 1 spiro atoms. The van der Waals surface area contributed by atoms with E-state index in [-0.39, 0.29) is 12.1 Å². The smallest absolute Gasteiger partial charge is 0.335 e. The second kappa shape index (κ2) is 8.07. The summed E-state index contributed by atoms with van der Waals surface area (Å²) >= 11 is 5.98. The fraction of sp³-hybridized carbons (Fsp3) is 0.348. The highest BCUT2D eigenvalue weighted by atomic mass is 35.5. The molecule has 3 aliphatic heterocycles. The van der Waals surface area contributed by atoms with E-state index in [1.54, 1.807) is 30.3 Å². The first-order chi connectivity index (χ1) is 16.3. The monoisotopic (exact) mass is 483 g/mol. The number of barbiturate groups is 1. The lowest BCUT2D eigenvalue weighted by Gasteiger charge is -2.55. The van der Waals surface area contributed by atoms with Crippen molar-refractivity contribution in [3.8, 4) is 0 Å². The molecule has 1 N–H and O–H groups in total. The number of nitrogens with one attached hydrogen (secondary N) is 1. The van der Waals surface area contributed by atoms with Gasteiger partial charge in [0.1, 0.15) is 0 Å². The minimum atomic E-state index is -1.64. The number of carbonyl (C=O) groups is 3. The number of rotatable bonds is 3. The number of carbonyl (C=O) groups excluding carboxylic acids is 3. The Bertz CT molecular complexity index is 1220. The van der Waals surface area contributed by atoms with Crippen molar-refractivity contribution in [2.24, 2.45) is 5.41 Å². The standard InChI is InChI=1S/C23H22ClN5O5/c1-2-26-9-10-27-18-8-7-17(29(33)34)11-14(18)12-23(19(27)13-26)20(30)25-22(32)28(21(23)31)16-5-3-15(24)4-6-16/h3-8,11,19H,2,9-10,12-13H2,1H3,(H,25,30,32). The van der Waals surface area contributed by atoms with Crippen LogP contribution in [0.2, 0.25) is 5.02 Å². The van der Waals surface area contributed by atoms with Gasteiger partial charge in [0, 0.05) is 48.9 Å². The summed E-state index contributed by atoms with van der Waals surface area (Å²) in [5, 5.41) is 14.3. The second-order valence-electron chi connectivity index (χ2n) is 8.70. The van der Waals surface area contributed by atoms with Crippen molar-refractivity contribution in [3.63, 3.8) is 0 Å². The summed E-state index contributed by atoms with van der Waals surface area (Å²) in [5.74, 6) is -1.33. The van der Waals surface area contributed by atoms with Crippen LogP contribution in [0.25, 0.3) is 0 Å². The number of halogens is 1. The maximum Gasteiger partial charge on any atom is 0.335 e. The molecule has 176 valence electrons. The molecule has 2 aromatic rings. The summed E-state index contributed by atoms with van der Waals surface area (Å²) < 4.78 is 0. The summed E-state index contributed by atoms with van der Waals surface area (Å²) in [6.07, 6.45) is -0.0508. The largest absolute Gasteiger partial charge is 0.364 e. The third kappa shape index (κ3) is 3.24. The number of benzene rings is 2. The quantitative estimate of drug-likeness (QED) is 0.405. The van der Waals surface area contributed by atoms with Gasteiger partial charge in [-0.05, 0) is 42.4 Å². The van der Waals surface area contributed by atoms with Crippen molar-refractivity contribution in [1.29, 1.82) is 0 Å². The van der Waals surface area contributed by atoms with E-state index in [0.29, 0.717) is 29.4 Å². The van der Waals surface area contributed by atoms with Crippen LogP contribution in [0.1, 0.15) is 12.5 Å². The maximum absolute atomic E-state index is 14.1. The third-order valence-corrected chi connectivity index (χ3v) is 7.28. The Morgan fingerprint density at radius 3 is 2.56 bits per heavy atom. The van der Waals surface area contributed by atoms with Crippen LogP contribution in [0, 0.1) is 15.5 Å². The molecule has 2 unspecified atom stereocenters. The zero-order chi connectivity index (χ0) is 24.2. The summed E-state index contributed by atoms with van der Waals surface area (Å²) in [6, 6.07) is 9.37. The Labute approximate surface area is 200 Å². The van der Waals surface area contributed by atoms with Gasteiger partial charge in [0.15, 0.2) is 5.41 Å². The Balaban J connectivity index is 1.67. The summed E-state index contributed by atoms with van der Waals surface area (Å²) in [7, 11) is 0. The molecule has 2 saturated heterocycles. The molecular weight excluding hydrogens is 462 g/mol. The molecule has 10 nitrogen and oxygen atoms in total. The van der Waals surface area contributed by atoms with Crippen LogP contribution in [-0.4, -0.2) is 59.9 Å². The van der Waals surface area contributed by atoms with Crippen LogP contribution in [-0.2, 0) is 16.0 Å². The lowest BCUT2D eigenvalue weighted by molar-refractivity contribution is -0.384. The molecule has 0 aromatic heterocycles. The number of fused-ring (bicyclic) bond motifs is 4. The van der Waals surface area contributed by atoms with E-state index in [2.05, 4.69) is 10.2 Å². The van der Waals surface area contributed by atoms with Crippen molar-refractivity contribution >= 4 is 46.5 Å². The SMILES string of the molecule is CCN1CCN2c3ccc([N+](=O)[O-])cc3CC3(C(=O)NC(=O)N(c4ccc(Cl)cc4)C3=O)C2C1. The van der Waals surface area contributed by atoms with E-state index < -0.39 is 34.2 Å². The fourth-order valence-electron chi connectivity index (χ4n) is 5.29. The Morgan fingerprint density at radius 2 is 1.88 bits per heavy atom. The van der Waals surface area contributed by atoms with Crippen molar-refractivity contribution in [2.45, 2.75) is 19.4 Å². The number of nitro benzene ring substituents is 1. The molecule has 0 saturated carbocycles. The van der Waals surface area contributed by atoms with Gasteiger partial charge in [-0.25, -0.2) is 9.69 Å². The highest BCUT2D eigenvalue weighted by Crippen LogP contribution is 2.47. The van der Waals surface area contributed by atoms with E-state index in [0.717, 1.165) is 23.7 Å². The molecule has 2 fully saturated rings. The number of hydrogen-bond acceptors (Lipinski definition) is 7. The van der Waals surface area contributed by atoms with Crippen LogP contribution in [0.4, 0.5) is 21.9 Å². The van der Waals surface area contributed by atoms with Crippen LogP contribution < -0.4 is 15.1 Å². The Kier molecular flexibility index (Phi) is 5.29. The number of piperazine rings is 1. The zero-order valence-electron chi connectivity index (χ0n) is 18.4. The van der Waals surface area contributed by atoms with E-state index >= 15 is 0 Å². The number of anilines is 2. The number of nitro groups is 1. The first-order valence-electron chi connectivity index (χ1n) is 11.0. The zero-order valence-corrected chi connectivity index (χ0v) is 19.1. The lowest BCUT2D eigenvalue weighted by Crippen LogP contribution is -2.75. The van der Waals surface area contributed by atoms with E-state index in [1.165, 1.54) is 12.1 Å². The van der Waals surface area contributed by atoms with Crippen LogP contribution in [0.3, 0.4) is 0 Å². The predicted octanol–water partition coefficient (Wildman–Crippen LogP) is 2.58. The molecule has 0 radical (unpaired) electrons. The summed E-state index contributed by atoms with van der Waals surface area (Å²) in [4.78, 5) is 56.5. The molecule has 3 heterocycles. The van der Waals surface area contributed by atoms with Gasteiger partial charge < -0.3 is 4.90 Å². The Morgan fingerprint density at radius 1 is 1.15 bits per heavy atom. The number of likely N-dealkylation sites (N-methyl/N-ethyl adjacent to an activating group) is 1. The highest BCUT2D eigenvalue weighted by molar-refractivity contribution is 6.32. The topological polar surface area (TPSA) is 116 Å². The van der Waals surface area contributed by atoms with E-state index in [1.807, 2.05) is 11.8 Å². The number of imide groups is 2. The first-order valence-corrected chi connectivity index (χ1v) is 11.4. The van der Waals surface area contributed by atoms with Crippen molar-refractivity contribution < 1.29 is 19.3 Å². The summed E-state index contributed by atoms with van der Waals surface area (Å²) in [6.45, 7) is 4.45. The number of hydrogen-bond donors (Lipinski definition) is 1. The Hall–Kier alpha value is -3.50. The molecular formula is C23H22ClN5O5. The van der Waals surface area contributed by atoms with Crippen LogP contribution in [0.5, 0.6) is 0 Å². The van der Waals surface area contributed by atoms with Crippen molar-refractivity contribution in [3.05, 3.63) is 63.2 Å². The third-order valence-electron chi connectivity index (χ3n) is 7.03. The van der Waals surface area contributed by atoms with E-state index in [4.69, 9.17) is 11.6 Å². The van der Waals surface area contributed by atoms with E-state index in [9.17, 15) is 24.5 Å². The first kappa shape index (κ1) is 22.3. The molecule has 0 aliphatic carbocycles. The van der Waals surface area contributed by atoms with Gasteiger partial charge >= 0.3 is 6.03 Å². The minimum absolute atomic E-state index is 0.0508. The number of urea groups is 1. The molecule has 2 atom stereocenters. The fourth-order valence-corrected chi connectivity index (χ4v) is 5.42. The number of nitrogens with zero attached hydrogens (tertiary/aromatic N) is 4. The maximum atomic E-state index is 14.1. The molecule has 0 bridgehead atoms. The van der Waals surface area contributed by atoms with Gasteiger partial charge in [-0.2, -0.15) is 0 Å². The highest BCUT2D eigenvalue weighted by Gasteiger charge is 2.63. The molecule has 2 aromatic carbocycles. The number of amides is 4. The second-order valence-corrected chi connectivity index (χ2v) is 9.13.